The van der Waals surface area contributed by atoms with Crippen molar-refractivity contribution in [2.24, 2.45) is 5.73 Å². The quantitative estimate of drug-likeness (QED) is 0.421. The third-order valence-electron chi connectivity index (χ3n) is 4.94. The average Bonchev–Trinajstić information content (AvgIpc) is 2.84. The van der Waals surface area contributed by atoms with Crippen LogP contribution < -0.4 is 11.1 Å². The summed E-state index contributed by atoms with van der Waals surface area (Å²) in [4.78, 5) is 33.5. The summed E-state index contributed by atoms with van der Waals surface area (Å²) in [5, 5.41) is 11.5. The molecular formula is C28H32N2O5. The number of nitrogens with two attached hydrogens (primary N) is 1. The van der Waals surface area contributed by atoms with Gasteiger partial charge in [-0.3, -0.25) is 4.79 Å². The smallest absolute Gasteiger partial charge is 0.327 e. The fraction of sp³-hybridized carbons (Fsp3) is 0.250. The first-order chi connectivity index (χ1) is 16.7. The fourth-order valence-corrected chi connectivity index (χ4v) is 3.25. The van der Waals surface area contributed by atoms with Crippen molar-refractivity contribution in [3.8, 4) is 11.1 Å². The molecule has 7 nitrogen and oxygen atoms in total. The molecule has 184 valence electrons. The van der Waals surface area contributed by atoms with Gasteiger partial charge in [0.2, 0.25) is 5.91 Å². The highest BCUT2D eigenvalue weighted by Gasteiger charge is 2.19. The maximum absolute atomic E-state index is 11.4. The molecule has 0 spiro atoms. The molecule has 0 aliphatic rings. The first-order valence-electron chi connectivity index (χ1n) is 11.3. The highest BCUT2D eigenvalue weighted by Crippen LogP contribution is 2.19. The molecule has 0 saturated heterocycles. The lowest BCUT2D eigenvalue weighted by Gasteiger charge is -2.13. The monoisotopic (exact) mass is 476 g/mol. The summed E-state index contributed by atoms with van der Waals surface area (Å²) in [5.74, 6) is -1.76. The molecule has 2 atom stereocenters. The Labute approximate surface area is 205 Å². The van der Waals surface area contributed by atoms with E-state index in [1.54, 1.807) is 13.8 Å². The van der Waals surface area contributed by atoms with Crippen LogP contribution in [0.25, 0.3) is 11.1 Å². The molecule has 0 radical (unpaired) electrons. The number of hydrogen-bond donors (Lipinski definition) is 3. The van der Waals surface area contributed by atoms with Gasteiger partial charge in [-0.05, 0) is 36.1 Å². The minimum Gasteiger partial charge on any atom is -0.480 e. The van der Waals surface area contributed by atoms with E-state index in [2.05, 4.69) is 5.32 Å². The largest absolute Gasteiger partial charge is 0.480 e. The summed E-state index contributed by atoms with van der Waals surface area (Å²) < 4.78 is 5.00. The minimum absolute atomic E-state index is 0.128. The van der Waals surface area contributed by atoms with Gasteiger partial charge >= 0.3 is 11.9 Å². The van der Waals surface area contributed by atoms with E-state index in [0.29, 0.717) is 0 Å². The Bertz CT molecular complexity index is 1080. The first-order valence-corrected chi connectivity index (χ1v) is 11.3. The van der Waals surface area contributed by atoms with Crippen molar-refractivity contribution in [1.82, 2.24) is 5.32 Å². The van der Waals surface area contributed by atoms with Gasteiger partial charge in [0.05, 0.1) is 6.10 Å². The molecule has 0 bridgehead atoms. The van der Waals surface area contributed by atoms with Crippen molar-refractivity contribution >= 4 is 17.8 Å². The van der Waals surface area contributed by atoms with Gasteiger partial charge in [-0.15, -0.1) is 0 Å². The summed E-state index contributed by atoms with van der Waals surface area (Å²) in [5.41, 5.74) is 9.55. The molecular weight excluding hydrogens is 444 g/mol. The topological polar surface area (TPSA) is 119 Å². The lowest BCUT2D eigenvalue weighted by Crippen LogP contribution is -2.41. The number of amides is 1. The predicted molar refractivity (Wildman–Crippen MR) is 135 cm³/mol. The molecule has 0 saturated carbocycles. The van der Waals surface area contributed by atoms with Crippen molar-refractivity contribution < 1.29 is 24.2 Å². The lowest BCUT2D eigenvalue weighted by atomic mass is 10.0. The molecule has 0 aromatic heterocycles. The van der Waals surface area contributed by atoms with E-state index in [1.165, 1.54) is 6.92 Å². The molecule has 3 aromatic rings. The molecule has 7 heteroatoms. The van der Waals surface area contributed by atoms with Crippen LogP contribution in [0, 0.1) is 0 Å². The number of hydrogen-bond acceptors (Lipinski definition) is 5. The van der Waals surface area contributed by atoms with Crippen LogP contribution in [0.15, 0.2) is 84.9 Å². The van der Waals surface area contributed by atoms with Crippen LogP contribution in [-0.4, -0.2) is 35.1 Å². The van der Waals surface area contributed by atoms with E-state index in [-0.39, 0.29) is 24.4 Å². The molecule has 0 aliphatic carbocycles. The van der Waals surface area contributed by atoms with Gasteiger partial charge in [0, 0.05) is 13.3 Å². The number of nitrogens with one attached hydrogen (secondary N) is 1. The van der Waals surface area contributed by atoms with Crippen LogP contribution in [0.1, 0.15) is 37.9 Å². The highest BCUT2D eigenvalue weighted by molar-refractivity contribution is 5.82. The fourth-order valence-electron chi connectivity index (χ4n) is 3.25. The van der Waals surface area contributed by atoms with Crippen LogP contribution in [0.3, 0.4) is 0 Å². The second kappa shape index (κ2) is 13.7. The number of carbonyl (C=O) groups excluding carboxylic acids is 2. The predicted octanol–water partition coefficient (Wildman–Crippen LogP) is 4.12. The normalized spacial score (nSPS) is 12.0. The summed E-state index contributed by atoms with van der Waals surface area (Å²) in [6.45, 7) is 4.92. The van der Waals surface area contributed by atoms with Crippen LogP contribution >= 0.6 is 0 Å². The second-order valence-electron chi connectivity index (χ2n) is 8.23. The molecule has 3 rings (SSSR count). The van der Waals surface area contributed by atoms with E-state index in [9.17, 15) is 14.4 Å². The summed E-state index contributed by atoms with van der Waals surface area (Å²) in [6, 6.07) is 25.2. The number of benzene rings is 3. The summed E-state index contributed by atoms with van der Waals surface area (Å²) in [6.07, 6.45) is 0.140. The Morgan fingerprint density at radius 1 is 0.857 bits per heavy atom. The lowest BCUT2D eigenvalue weighted by molar-refractivity contribution is -0.149. The van der Waals surface area contributed by atoms with Gasteiger partial charge in [0.15, 0.2) is 0 Å². The SMILES string of the molecule is CC(=O)N[C@@H](Cc1ccc(-c2ccccc2)cc1)C(=O)O.CC(C)OC(=O)[C@H](N)c1ccccc1. The zero-order valence-corrected chi connectivity index (χ0v) is 20.2. The van der Waals surface area contributed by atoms with Gasteiger partial charge in [-0.2, -0.15) is 0 Å². The van der Waals surface area contributed by atoms with Gasteiger partial charge in [0.25, 0.3) is 0 Å². The number of esters is 1. The third-order valence-corrected chi connectivity index (χ3v) is 4.94. The van der Waals surface area contributed by atoms with Crippen molar-refractivity contribution in [3.63, 3.8) is 0 Å². The molecule has 3 aromatic carbocycles. The van der Waals surface area contributed by atoms with Gasteiger partial charge < -0.3 is 20.9 Å². The molecule has 0 unspecified atom stereocenters. The van der Waals surface area contributed by atoms with Crippen molar-refractivity contribution in [2.45, 2.75) is 45.4 Å². The van der Waals surface area contributed by atoms with Crippen LogP contribution in [0.2, 0.25) is 0 Å². The third kappa shape index (κ3) is 9.43. The van der Waals surface area contributed by atoms with Crippen LogP contribution in [-0.2, 0) is 25.5 Å². The number of rotatable bonds is 8. The number of carboxylic acids is 1. The first kappa shape index (κ1) is 27.3. The molecule has 4 N–H and O–H groups in total. The maximum atomic E-state index is 11.4. The van der Waals surface area contributed by atoms with Crippen molar-refractivity contribution in [3.05, 3.63) is 96.1 Å². The molecule has 0 heterocycles. The highest BCUT2D eigenvalue weighted by atomic mass is 16.5. The van der Waals surface area contributed by atoms with E-state index < -0.39 is 18.1 Å². The Balaban J connectivity index is 0.000000269. The molecule has 0 aliphatic heterocycles. The van der Waals surface area contributed by atoms with Gasteiger partial charge in [-0.25, -0.2) is 9.59 Å². The summed E-state index contributed by atoms with van der Waals surface area (Å²) >= 11 is 0. The molecule has 35 heavy (non-hydrogen) atoms. The van der Waals surface area contributed by atoms with E-state index >= 15 is 0 Å². The number of aliphatic carboxylic acids is 1. The zero-order chi connectivity index (χ0) is 25.8. The zero-order valence-electron chi connectivity index (χ0n) is 20.2. The molecule has 1 amide bonds. The van der Waals surface area contributed by atoms with Crippen LogP contribution in [0.5, 0.6) is 0 Å². The minimum atomic E-state index is -1.03. The van der Waals surface area contributed by atoms with E-state index in [4.69, 9.17) is 15.6 Å². The number of carboxylic acid groups (broad SMARTS) is 1. The summed E-state index contributed by atoms with van der Waals surface area (Å²) in [7, 11) is 0. The average molecular weight is 477 g/mol. The van der Waals surface area contributed by atoms with E-state index in [1.807, 2.05) is 84.9 Å². The Morgan fingerprint density at radius 3 is 1.86 bits per heavy atom. The van der Waals surface area contributed by atoms with Crippen molar-refractivity contribution in [1.29, 1.82) is 0 Å². The van der Waals surface area contributed by atoms with Gasteiger partial charge in [-0.1, -0.05) is 84.9 Å². The maximum Gasteiger partial charge on any atom is 0.327 e. The van der Waals surface area contributed by atoms with Crippen molar-refractivity contribution in [2.75, 3.05) is 0 Å². The Morgan fingerprint density at radius 2 is 1.37 bits per heavy atom. The number of carbonyl (C=O) groups is 3. The Hall–Kier alpha value is -3.97. The van der Waals surface area contributed by atoms with Gasteiger partial charge in [0.1, 0.15) is 12.1 Å². The standard InChI is InChI=1S/C17H17NO3.C11H15NO2/c1-12(19)18-16(17(20)21)11-13-7-9-15(10-8-13)14-5-3-2-4-6-14;1-8(2)14-11(13)10(12)9-6-4-3-5-7-9/h2-10,16H,11H2,1H3,(H,18,19)(H,20,21);3-8,10H,12H2,1-2H3/t16-;10-/m01/s1. The van der Waals surface area contributed by atoms with E-state index in [0.717, 1.165) is 22.3 Å². The molecule has 0 fully saturated rings. The van der Waals surface area contributed by atoms with Crippen LogP contribution in [0.4, 0.5) is 0 Å². The Kier molecular flexibility index (Phi) is 10.7. The number of ether oxygens (including phenoxy) is 1. The second-order valence-corrected chi connectivity index (χ2v) is 8.23.